The van der Waals surface area contributed by atoms with Gasteiger partial charge in [0.1, 0.15) is 0 Å². The second-order valence-electron chi connectivity index (χ2n) is 9.26. The van der Waals surface area contributed by atoms with Gasteiger partial charge in [-0.1, -0.05) is 30.3 Å². The standard InChI is InChI=1S/C25H39N5O2/c1-20(24(31)29-12-6-7-13-29)28-14-16-30(17-15-28)25(26-2)27-19-22-11-8-18-32-23(22)21-9-4-3-5-10-21/h3-5,9-10,20,22-23H,6-8,11-19H2,1-2H3,(H,26,27). The van der Waals surface area contributed by atoms with Crippen molar-refractivity contribution in [2.75, 3.05) is 59.5 Å². The molecule has 176 valence electrons. The largest absolute Gasteiger partial charge is 0.373 e. The molecule has 3 aliphatic rings. The lowest BCUT2D eigenvalue weighted by atomic mass is 9.89. The minimum Gasteiger partial charge on any atom is -0.373 e. The number of piperazine rings is 1. The van der Waals surface area contributed by atoms with Crippen molar-refractivity contribution in [1.82, 2.24) is 20.0 Å². The number of likely N-dealkylation sites (tertiary alicyclic amines) is 1. The SMILES string of the molecule is CN=C(NCC1CCCOC1c1ccccc1)N1CCN(C(C)C(=O)N2CCCC2)CC1. The van der Waals surface area contributed by atoms with Crippen molar-refractivity contribution < 1.29 is 9.53 Å². The van der Waals surface area contributed by atoms with Crippen LogP contribution in [0.3, 0.4) is 0 Å². The number of amides is 1. The van der Waals surface area contributed by atoms with E-state index in [2.05, 4.69) is 57.4 Å². The normalized spacial score (nSPS) is 26.2. The van der Waals surface area contributed by atoms with Gasteiger partial charge in [-0.25, -0.2) is 0 Å². The number of hydrogen-bond acceptors (Lipinski definition) is 4. The lowest BCUT2D eigenvalue weighted by molar-refractivity contribution is -0.135. The van der Waals surface area contributed by atoms with Crippen LogP contribution in [-0.2, 0) is 9.53 Å². The molecule has 4 rings (SSSR count). The summed E-state index contributed by atoms with van der Waals surface area (Å²) in [4.78, 5) is 24.0. The third-order valence-corrected chi connectivity index (χ3v) is 7.24. The summed E-state index contributed by atoms with van der Waals surface area (Å²) in [6.07, 6.45) is 4.70. The summed E-state index contributed by atoms with van der Waals surface area (Å²) < 4.78 is 6.16. The molecule has 7 nitrogen and oxygen atoms in total. The lowest BCUT2D eigenvalue weighted by Gasteiger charge is -2.40. The van der Waals surface area contributed by atoms with Crippen molar-refractivity contribution in [2.24, 2.45) is 10.9 Å². The van der Waals surface area contributed by atoms with Gasteiger partial charge in [-0.05, 0) is 38.2 Å². The van der Waals surface area contributed by atoms with Crippen LogP contribution in [0, 0.1) is 5.92 Å². The summed E-state index contributed by atoms with van der Waals surface area (Å²) in [6, 6.07) is 10.5. The molecule has 3 atom stereocenters. The van der Waals surface area contributed by atoms with Crippen molar-refractivity contribution in [3.05, 3.63) is 35.9 Å². The van der Waals surface area contributed by atoms with Gasteiger partial charge < -0.3 is 19.9 Å². The van der Waals surface area contributed by atoms with Gasteiger partial charge in [-0.3, -0.25) is 14.7 Å². The smallest absolute Gasteiger partial charge is 0.239 e. The number of ether oxygens (including phenoxy) is 1. The van der Waals surface area contributed by atoms with E-state index in [-0.39, 0.29) is 12.1 Å². The van der Waals surface area contributed by atoms with Gasteiger partial charge in [-0.15, -0.1) is 0 Å². The van der Waals surface area contributed by atoms with E-state index in [1.165, 1.54) is 5.56 Å². The molecule has 1 amide bonds. The monoisotopic (exact) mass is 441 g/mol. The first kappa shape index (κ1) is 23.1. The molecule has 1 N–H and O–H groups in total. The molecule has 3 fully saturated rings. The van der Waals surface area contributed by atoms with Gasteiger partial charge >= 0.3 is 0 Å². The minimum absolute atomic E-state index is 0.0313. The number of benzene rings is 1. The topological polar surface area (TPSA) is 60.4 Å². The second-order valence-corrected chi connectivity index (χ2v) is 9.26. The highest BCUT2D eigenvalue weighted by Crippen LogP contribution is 2.33. The fourth-order valence-electron chi connectivity index (χ4n) is 5.30. The Morgan fingerprint density at radius 3 is 2.47 bits per heavy atom. The highest BCUT2D eigenvalue weighted by Gasteiger charge is 2.31. The van der Waals surface area contributed by atoms with Crippen LogP contribution < -0.4 is 5.32 Å². The molecule has 0 spiro atoms. The Bertz CT molecular complexity index is 757. The molecule has 1 aromatic carbocycles. The average Bonchev–Trinajstić information content (AvgIpc) is 3.40. The van der Waals surface area contributed by atoms with Crippen molar-refractivity contribution in [2.45, 2.75) is 44.8 Å². The molecule has 3 aliphatic heterocycles. The summed E-state index contributed by atoms with van der Waals surface area (Å²) in [5, 5.41) is 3.62. The summed E-state index contributed by atoms with van der Waals surface area (Å²) in [7, 11) is 1.86. The van der Waals surface area contributed by atoms with Crippen LogP contribution in [0.4, 0.5) is 0 Å². The Hall–Kier alpha value is -2.12. The zero-order valence-electron chi connectivity index (χ0n) is 19.7. The Labute approximate surface area is 192 Å². The Morgan fingerprint density at radius 1 is 1.06 bits per heavy atom. The van der Waals surface area contributed by atoms with Crippen molar-refractivity contribution in [3.8, 4) is 0 Å². The van der Waals surface area contributed by atoms with Crippen molar-refractivity contribution in [1.29, 1.82) is 0 Å². The molecule has 7 heteroatoms. The molecular weight excluding hydrogens is 402 g/mol. The summed E-state index contributed by atoms with van der Waals surface area (Å²) in [5.41, 5.74) is 1.26. The highest BCUT2D eigenvalue weighted by molar-refractivity contribution is 5.82. The van der Waals surface area contributed by atoms with E-state index in [0.29, 0.717) is 11.8 Å². The zero-order chi connectivity index (χ0) is 22.3. The number of nitrogens with one attached hydrogen (secondary N) is 1. The molecule has 3 saturated heterocycles. The number of hydrogen-bond donors (Lipinski definition) is 1. The molecule has 1 aromatic rings. The van der Waals surface area contributed by atoms with E-state index in [4.69, 9.17) is 4.74 Å². The maximum absolute atomic E-state index is 12.8. The molecule has 0 radical (unpaired) electrons. The fourth-order valence-corrected chi connectivity index (χ4v) is 5.30. The molecule has 0 aromatic heterocycles. The van der Waals surface area contributed by atoms with Crippen LogP contribution in [0.2, 0.25) is 0 Å². The number of carbonyl (C=O) groups is 1. The van der Waals surface area contributed by atoms with E-state index in [1.807, 2.05) is 11.9 Å². The molecular formula is C25H39N5O2. The summed E-state index contributed by atoms with van der Waals surface area (Å²) in [5.74, 6) is 1.69. The molecule has 0 saturated carbocycles. The lowest BCUT2D eigenvalue weighted by Crippen LogP contribution is -2.57. The highest BCUT2D eigenvalue weighted by atomic mass is 16.5. The van der Waals surface area contributed by atoms with Gasteiger partial charge in [0.05, 0.1) is 12.1 Å². The first-order valence-corrected chi connectivity index (χ1v) is 12.3. The molecule has 0 bridgehead atoms. The molecule has 0 aliphatic carbocycles. The predicted molar refractivity (Wildman–Crippen MR) is 128 cm³/mol. The first-order valence-electron chi connectivity index (χ1n) is 12.3. The van der Waals surface area contributed by atoms with E-state index < -0.39 is 0 Å². The van der Waals surface area contributed by atoms with E-state index in [1.54, 1.807) is 0 Å². The number of aliphatic imine (C=N–C) groups is 1. The number of carbonyl (C=O) groups excluding carboxylic acids is 1. The fraction of sp³-hybridized carbons (Fsp3) is 0.680. The van der Waals surface area contributed by atoms with Crippen LogP contribution in [0.1, 0.15) is 44.3 Å². The molecule has 3 unspecified atom stereocenters. The number of nitrogens with zero attached hydrogens (tertiary/aromatic N) is 4. The van der Waals surface area contributed by atoms with Crippen molar-refractivity contribution >= 4 is 11.9 Å². The third-order valence-electron chi connectivity index (χ3n) is 7.24. The summed E-state index contributed by atoms with van der Waals surface area (Å²) >= 11 is 0. The van der Waals surface area contributed by atoms with Gasteiger partial charge in [0.2, 0.25) is 5.91 Å². The van der Waals surface area contributed by atoms with Gasteiger partial charge in [-0.2, -0.15) is 0 Å². The van der Waals surface area contributed by atoms with Crippen molar-refractivity contribution in [3.63, 3.8) is 0 Å². The minimum atomic E-state index is -0.0313. The van der Waals surface area contributed by atoms with Crippen LogP contribution in [0.5, 0.6) is 0 Å². The van der Waals surface area contributed by atoms with Crippen LogP contribution in [0.15, 0.2) is 35.3 Å². The predicted octanol–water partition coefficient (Wildman–Crippen LogP) is 2.36. The molecule has 32 heavy (non-hydrogen) atoms. The van der Waals surface area contributed by atoms with Gasteiger partial charge in [0.15, 0.2) is 5.96 Å². The first-order chi connectivity index (χ1) is 15.7. The van der Waals surface area contributed by atoms with Crippen LogP contribution in [0.25, 0.3) is 0 Å². The average molecular weight is 442 g/mol. The van der Waals surface area contributed by atoms with Gasteiger partial charge in [0, 0.05) is 65.4 Å². The number of rotatable bonds is 5. The third kappa shape index (κ3) is 5.44. The Morgan fingerprint density at radius 2 is 1.78 bits per heavy atom. The molecule has 3 heterocycles. The van der Waals surface area contributed by atoms with Crippen LogP contribution in [-0.4, -0.2) is 92.1 Å². The second kappa shape index (κ2) is 11.1. The number of guanidine groups is 1. The quantitative estimate of drug-likeness (QED) is 0.562. The Balaban J connectivity index is 1.28. The maximum Gasteiger partial charge on any atom is 0.239 e. The maximum atomic E-state index is 12.8. The van der Waals surface area contributed by atoms with E-state index >= 15 is 0 Å². The Kier molecular flexibility index (Phi) is 8.03. The summed E-state index contributed by atoms with van der Waals surface area (Å²) in [6.45, 7) is 9.17. The zero-order valence-corrected chi connectivity index (χ0v) is 19.7. The van der Waals surface area contributed by atoms with Gasteiger partial charge in [0.25, 0.3) is 0 Å². The van der Waals surface area contributed by atoms with Crippen LogP contribution >= 0.6 is 0 Å². The van der Waals surface area contributed by atoms with E-state index in [0.717, 1.165) is 84.1 Å². The van der Waals surface area contributed by atoms with E-state index in [9.17, 15) is 4.79 Å².